The molecule has 0 fully saturated rings. The Labute approximate surface area is 103 Å². The van der Waals surface area contributed by atoms with Gasteiger partial charge in [-0.1, -0.05) is 18.2 Å². The maximum atomic E-state index is 11.4. The highest BCUT2D eigenvalue weighted by molar-refractivity contribution is 5.99. The van der Waals surface area contributed by atoms with E-state index in [1.165, 1.54) is 6.33 Å². The molecule has 0 atom stereocenters. The van der Waals surface area contributed by atoms with Crippen LogP contribution in [-0.4, -0.2) is 20.5 Å². The Morgan fingerprint density at radius 1 is 1.17 bits per heavy atom. The van der Waals surface area contributed by atoms with E-state index in [2.05, 4.69) is 10.1 Å². The van der Waals surface area contributed by atoms with Crippen molar-refractivity contribution in [3.63, 3.8) is 0 Å². The first-order chi connectivity index (χ1) is 8.75. The number of amides is 1. The second-order valence-electron chi connectivity index (χ2n) is 3.89. The van der Waals surface area contributed by atoms with Crippen molar-refractivity contribution in [3.05, 3.63) is 54.5 Å². The van der Waals surface area contributed by atoms with Gasteiger partial charge in [0.1, 0.15) is 6.33 Å². The number of hydrogen-bond acceptors (Lipinski definition) is 3. The monoisotopic (exact) mass is 238 g/mol. The lowest BCUT2D eigenvalue weighted by molar-refractivity contribution is 0.100. The van der Waals surface area contributed by atoms with Gasteiger partial charge in [-0.15, -0.1) is 0 Å². The summed E-state index contributed by atoms with van der Waals surface area (Å²) in [5, 5.41) is 4.07. The normalized spacial score (nSPS) is 10.7. The van der Waals surface area contributed by atoms with E-state index in [0.717, 1.165) is 16.8 Å². The molecule has 0 aliphatic rings. The maximum Gasteiger partial charge on any atom is 0.249 e. The lowest BCUT2D eigenvalue weighted by Crippen LogP contribution is -2.12. The first kappa shape index (κ1) is 10.5. The van der Waals surface area contributed by atoms with Gasteiger partial charge in [0, 0.05) is 17.3 Å². The maximum absolute atomic E-state index is 11.4. The number of pyridine rings is 1. The van der Waals surface area contributed by atoms with E-state index in [1.54, 1.807) is 16.6 Å². The second-order valence-corrected chi connectivity index (χ2v) is 3.89. The molecule has 1 aromatic carbocycles. The van der Waals surface area contributed by atoms with Crippen molar-refractivity contribution in [2.45, 2.75) is 0 Å². The Bertz CT molecular complexity index is 732. The molecule has 2 aromatic heterocycles. The number of benzene rings is 1. The third-order valence-electron chi connectivity index (χ3n) is 2.78. The van der Waals surface area contributed by atoms with Crippen molar-refractivity contribution in [2.24, 2.45) is 5.73 Å². The molecule has 3 rings (SSSR count). The Morgan fingerprint density at radius 3 is 2.83 bits per heavy atom. The highest BCUT2D eigenvalue weighted by atomic mass is 16.1. The molecule has 0 spiro atoms. The highest BCUT2D eigenvalue weighted by Gasteiger charge is 2.09. The molecule has 0 unspecified atom stereocenters. The summed E-state index contributed by atoms with van der Waals surface area (Å²) in [4.78, 5) is 15.5. The Balaban J connectivity index is 2.22. The fraction of sp³-hybridized carbons (Fsp3) is 0. The topological polar surface area (TPSA) is 73.3 Å². The zero-order chi connectivity index (χ0) is 12.5. The summed E-state index contributed by atoms with van der Waals surface area (Å²) in [5.41, 5.74) is 8.30. The minimum atomic E-state index is -0.440. The molecule has 0 aliphatic carbocycles. The molecule has 0 radical (unpaired) electrons. The van der Waals surface area contributed by atoms with Crippen LogP contribution in [0.4, 0.5) is 0 Å². The van der Waals surface area contributed by atoms with E-state index < -0.39 is 5.91 Å². The van der Waals surface area contributed by atoms with Gasteiger partial charge in [-0.3, -0.25) is 4.79 Å². The van der Waals surface area contributed by atoms with Gasteiger partial charge in [0.15, 0.2) is 5.65 Å². The SMILES string of the molecule is NC(=O)c1ccccc1-c1ccc2ncnn2c1. The van der Waals surface area contributed by atoms with Crippen LogP contribution in [0.3, 0.4) is 0 Å². The second kappa shape index (κ2) is 3.96. The number of nitrogens with two attached hydrogens (primary N) is 1. The minimum Gasteiger partial charge on any atom is -0.366 e. The highest BCUT2D eigenvalue weighted by Crippen LogP contribution is 2.23. The summed E-state index contributed by atoms with van der Waals surface area (Å²) in [7, 11) is 0. The van der Waals surface area contributed by atoms with Crippen molar-refractivity contribution >= 4 is 11.6 Å². The van der Waals surface area contributed by atoms with E-state index >= 15 is 0 Å². The number of nitrogens with zero attached hydrogens (tertiary/aromatic N) is 3. The van der Waals surface area contributed by atoms with Crippen molar-refractivity contribution < 1.29 is 4.79 Å². The fourth-order valence-electron chi connectivity index (χ4n) is 1.93. The first-order valence-corrected chi connectivity index (χ1v) is 5.44. The minimum absolute atomic E-state index is 0.440. The van der Waals surface area contributed by atoms with Crippen LogP contribution in [0.1, 0.15) is 10.4 Å². The molecule has 2 heterocycles. The van der Waals surface area contributed by atoms with Crippen LogP contribution in [0.2, 0.25) is 0 Å². The van der Waals surface area contributed by atoms with Crippen molar-refractivity contribution in [3.8, 4) is 11.1 Å². The molecule has 88 valence electrons. The Morgan fingerprint density at radius 2 is 2.00 bits per heavy atom. The standard InChI is InChI=1S/C13H10N4O/c14-13(18)11-4-2-1-3-10(11)9-5-6-12-15-8-16-17(12)7-9/h1-8H,(H2,14,18). The third kappa shape index (κ3) is 1.62. The quantitative estimate of drug-likeness (QED) is 0.735. The van der Waals surface area contributed by atoms with Gasteiger partial charge in [0.25, 0.3) is 0 Å². The molecule has 0 saturated carbocycles. The summed E-state index contributed by atoms with van der Waals surface area (Å²) >= 11 is 0. The third-order valence-corrected chi connectivity index (χ3v) is 2.78. The summed E-state index contributed by atoms with van der Waals surface area (Å²) < 4.78 is 1.66. The molecule has 1 amide bonds. The lowest BCUT2D eigenvalue weighted by Gasteiger charge is -2.06. The Hall–Kier alpha value is -2.69. The molecule has 2 N–H and O–H groups in total. The Kier molecular flexibility index (Phi) is 2.30. The van der Waals surface area contributed by atoms with Gasteiger partial charge in [-0.05, 0) is 23.8 Å². The molecule has 5 nitrogen and oxygen atoms in total. The predicted molar refractivity (Wildman–Crippen MR) is 66.9 cm³/mol. The number of rotatable bonds is 2. The van der Waals surface area contributed by atoms with Crippen molar-refractivity contribution in [2.75, 3.05) is 0 Å². The van der Waals surface area contributed by atoms with Crippen LogP contribution in [0.5, 0.6) is 0 Å². The van der Waals surface area contributed by atoms with Gasteiger partial charge in [-0.2, -0.15) is 5.10 Å². The molecular formula is C13H10N4O. The van der Waals surface area contributed by atoms with Gasteiger partial charge in [0.2, 0.25) is 5.91 Å². The average molecular weight is 238 g/mol. The largest absolute Gasteiger partial charge is 0.366 e. The number of aromatic nitrogens is 3. The van der Waals surface area contributed by atoms with Gasteiger partial charge >= 0.3 is 0 Å². The van der Waals surface area contributed by atoms with E-state index in [4.69, 9.17) is 5.73 Å². The number of fused-ring (bicyclic) bond motifs is 1. The van der Waals surface area contributed by atoms with E-state index in [1.807, 2.05) is 30.5 Å². The van der Waals surface area contributed by atoms with E-state index in [9.17, 15) is 4.79 Å². The van der Waals surface area contributed by atoms with Gasteiger partial charge < -0.3 is 5.73 Å². The molecule has 5 heteroatoms. The van der Waals surface area contributed by atoms with E-state index in [0.29, 0.717) is 5.56 Å². The molecular weight excluding hydrogens is 228 g/mol. The number of carbonyl (C=O) groups is 1. The summed E-state index contributed by atoms with van der Waals surface area (Å²) in [6.45, 7) is 0. The average Bonchev–Trinajstić information content (AvgIpc) is 2.85. The zero-order valence-electron chi connectivity index (χ0n) is 9.45. The van der Waals surface area contributed by atoms with E-state index in [-0.39, 0.29) is 0 Å². The zero-order valence-corrected chi connectivity index (χ0v) is 9.45. The van der Waals surface area contributed by atoms with Crippen molar-refractivity contribution in [1.29, 1.82) is 0 Å². The number of hydrogen-bond donors (Lipinski definition) is 1. The van der Waals surface area contributed by atoms with Crippen LogP contribution in [0.25, 0.3) is 16.8 Å². The number of primary amides is 1. The molecule has 0 bridgehead atoms. The smallest absolute Gasteiger partial charge is 0.249 e. The van der Waals surface area contributed by atoms with Crippen molar-refractivity contribution in [1.82, 2.24) is 14.6 Å². The summed E-state index contributed by atoms with van der Waals surface area (Å²) in [6, 6.07) is 11.0. The van der Waals surface area contributed by atoms with Crippen LogP contribution < -0.4 is 5.73 Å². The molecule has 18 heavy (non-hydrogen) atoms. The number of carbonyl (C=O) groups excluding carboxylic acids is 1. The van der Waals surface area contributed by atoms with Crippen LogP contribution in [-0.2, 0) is 0 Å². The predicted octanol–water partition coefficient (Wildman–Crippen LogP) is 1.50. The first-order valence-electron chi connectivity index (χ1n) is 5.44. The molecule has 0 saturated heterocycles. The molecule has 3 aromatic rings. The van der Waals surface area contributed by atoms with Crippen LogP contribution in [0, 0.1) is 0 Å². The lowest BCUT2D eigenvalue weighted by atomic mass is 10.0. The van der Waals surface area contributed by atoms with Crippen LogP contribution >= 0.6 is 0 Å². The van der Waals surface area contributed by atoms with Crippen LogP contribution in [0.15, 0.2) is 48.9 Å². The van der Waals surface area contributed by atoms with Gasteiger partial charge in [-0.25, -0.2) is 9.50 Å². The summed E-state index contributed by atoms with van der Waals surface area (Å²) in [5.74, 6) is -0.440. The summed E-state index contributed by atoms with van der Waals surface area (Å²) in [6.07, 6.45) is 3.31. The molecule has 0 aliphatic heterocycles. The fourth-order valence-corrected chi connectivity index (χ4v) is 1.93. The van der Waals surface area contributed by atoms with Gasteiger partial charge in [0.05, 0.1) is 0 Å².